The highest BCUT2D eigenvalue weighted by atomic mass is 16.5. The standard InChI is InChI=1S/C16H21N5O2/c1-10-12(8-17-9-18-10)15(22)21-7-5-6-13(21)14-11(2)19-20(3)16(14)23-4/h8-9,13H,5-7H2,1-4H3/t13-/m1/s1. The van der Waals surface area contributed by atoms with Crippen molar-refractivity contribution >= 4 is 5.91 Å². The Balaban J connectivity index is 1.98. The first-order valence-corrected chi connectivity index (χ1v) is 7.69. The molecule has 2 aromatic rings. The minimum absolute atomic E-state index is 0.0224. The van der Waals surface area contributed by atoms with Crippen LogP contribution in [0.3, 0.4) is 0 Å². The molecule has 7 heteroatoms. The molecule has 7 nitrogen and oxygen atoms in total. The molecule has 3 heterocycles. The topological polar surface area (TPSA) is 73.1 Å². The number of amides is 1. The zero-order chi connectivity index (χ0) is 16.6. The Morgan fingerprint density at radius 1 is 1.35 bits per heavy atom. The molecule has 3 rings (SSSR count). The quantitative estimate of drug-likeness (QED) is 0.863. The number of aromatic nitrogens is 4. The minimum atomic E-state index is -0.0316. The summed E-state index contributed by atoms with van der Waals surface area (Å²) in [5.74, 6) is 0.684. The van der Waals surface area contributed by atoms with Gasteiger partial charge in [0.1, 0.15) is 6.33 Å². The molecule has 1 amide bonds. The highest BCUT2D eigenvalue weighted by molar-refractivity contribution is 5.95. The first kappa shape index (κ1) is 15.5. The van der Waals surface area contributed by atoms with Crippen molar-refractivity contribution in [2.45, 2.75) is 32.7 Å². The van der Waals surface area contributed by atoms with E-state index < -0.39 is 0 Å². The lowest BCUT2D eigenvalue weighted by atomic mass is 10.0. The van der Waals surface area contributed by atoms with E-state index in [0.29, 0.717) is 17.1 Å². The van der Waals surface area contributed by atoms with Crippen LogP contribution >= 0.6 is 0 Å². The van der Waals surface area contributed by atoms with Crippen LogP contribution in [0.25, 0.3) is 0 Å². The number of carbonyl (C=O) groups excluding carboxylic acids is 1. The Morgan fingerprint density at radius 3 is 2.83 bits per heavy atom. The number of aryl methyl sites for hydroxylation is 3. The van der Waals surface area contributed by atoms with Gasteiger partial charge in [0.05, 0.1) is 35.7 Å². The number of nitrogens with zero attached hydrogens (tertiary/aromatic N) is 5. The number of carbonyl (C=O) groups is 1. The van der Waals surface area contributed by atoms with Gasteiger partial charge >= 0.3 is 0 Å². The largest absolute Gasteiger partial charge is 0.481 e. The van der Waals surface area contributed by atoms with Crippen LogP contribution in [0.4, 0.5) is 0 Å². The van der Waals surface area contributed by atoms with Crippen LogP contribution in [0, 0.1) is 13.8 Å². The van der Waals surface area contributed by atoms with Crippen molar-refractivity contribution < 1.29 is 9.53 Å². The number of rotatable bonds is 3. The summed E-state index contributed by atoms with van der Waals surface area (Å²) in [4.78, 5) is 23.0. The number of likely N-dealkylation sites (tertiary alicyclic amines) is 1. The fourth-order valence-electron chi connectivity index (χ4n) is 3.34. The lowest BCUT2D eigenvalue weighted by molar-refractivity contribution is 0.0732. The van der Waals surface area contributed by atoms with Crippen molar-refractivity contribution in [3.63, 3.8) is 0 Å². The van der Waals surface area contributed by atoms with Crippen molar-refractivity contribution in [1.29, 1.82) is 0 Å². The average Bonchev–Trinajstić information content (AvgIpc) is 3.10. The highest BCUT2D eigenvalue weighted by Crippen LogP contribution is 2.39. The lowest BCUT2D eigenvalue weighted by Crippen LogP contribution is -2.31. The molecule has 2 aromatic heterocycles. The molecule has 1 fully saturated rings. The Bertz CT molecular complexity index is 740. The monoisotopic (exact) mass is 315 g/mol. The van der Waals surface area contributed by atoms with E-state index in [2.05, 4.69) is 15.1 Å². The lowest BCUT2D eigenvalue weighted by Gasteiger charge is -2.25. The minimum Gasteiger partial charge on any atom is -0.481 e. The maximum Gasteiger partial charge on any atom is 0.257 e. The van der Waals surface area contributed by atoms with Crippen LogP contribution in [0.5, 0.6) is 5.88 Å². The molecule has 0 N–H and O–H groups in total. The van der Waals surface area contributed by atoms with E-state index in [4.69, 9.17) is 4.74 Å². The molecular weight excluding hydrogens is 294 g/mol. The molecule has 0 spiro atoms. The maximum atomic E-state index is 12.9. The van der Waals surface area contributed by atoms with Crippen LogP contribution in [-0.4, -0.2) is 44.2 Å². The van der Waals surface area contributed by atoms with Gasteiger partial charge in [-0.2, -0.15) is 5.10 Å². The molecule has 122 valence electrons. The van der Waals surface area contributed by atoms with Crippen LogP contribution in [0.1, 0.15) is 46.2 Å². The maximum absolute atomic E-state index is 12.9. The third-order valence-corrected chi connectivity index (χ3v) is 4.40. The van der Waals surface area contributed by atoms with E-state index >= 15 is 0 Å². The summed E-state index contributed by atoms with van der Waals surface area (Å²) in [5.41, 5.74) is 3.15. The number of ether oxygens (including phenoxy) is 1. The third-order valence-electron chi connectivity index (χ3n) is 4.40. The van der Waals surface area contributed by atoms with E-state index in [0.717, 1.165) is 30.6 Å². The molecule has 0 bridgehead atoms. The SMILES string of the molecule is COc1c([C@H]2CCCN2C(=O)c2cncnc2C)c(C)nn1C. The fourth-order valence-corrected chi connectivity index (χ4v) is 3.34. The van der Waals surface area contributed by atoms with Crippen molar-refractivity contribution in [3.05, 3.63) is 35.0 Å². The molecule has 1 aliphatic rings. The molecule has 23 heavy (non-hydrogen) atoms. The molecule has 0 saturated carbocycles. The van der Waals surface area contributed by atoms with E-state index in [1.165, 1.54) is 6.33 Å². The highest BCUT2D eigenvalue weighted by Gasteiger charge is 2.36. The smallest absolute Gasteiger partial charge is 0.257 e. The van der Waals surface area contributed by atoms with E-state index in [-0.39, 0.29) is 11.9 Å². The van der Waals surface area contributed by atoms with Gasteiger partial charge < -0.3 is 9.64 Å². The normalized spacial score (nSPS) is 17.6. The summed E-state index contributed by atoms with van der Waals surface area (Å²) in [6.07, 6.45) is 4.91. The summed E-state index contributed by atoms with van der Waals surface area (Å²) >= 11 is 0. The Hall–Kier alpha value is -2.44. The first-order chi connectivity index (χ1) is 11.0. The van der Waals surface area contributed by atoms with Crippen LogP contribution in [0.2, 0.25) is 0 Å². The second-order valence-electron chi connectivity index (χ2n) is 5.81. The average molecular weight is 315 g/mol. The number of methoxy groups -OCH3 is 1. The summed E-state index contributed by atoms with van der Waals surface area (Å²) in [6.45, 7) is 4.50. The summed E-state index contributed by atoms with van der Waals surface area (Å²) in [6, 6.07) is -0.0224. The van der Waals surface area contributed by atoms with Gasteiger partial charge in [-0.05, 0) is 26.7 Å². The first-order valence-electron chi connectivity index (χ1n) is 7.69. The van der Waals surface area contributed by atoms with E-state index in [9.17, 15) is 4.79 Å². The molecule has 1 saturated heterocycles. The van der Waals surface area contributed by atoms with Crippen molar-refractivity contribution in [1.82, 2.24) is 24.6 Å². The molecule has 1 aliphatic heterocycles. The van der Waals surface area contributed by atoms with E-state index in [1.54, 1.807) is 18.0 Å². The van der Waals surface area contributed by atoms with Crippen LogP contribution in [0.15, 0.2) is 12.5 Å². The Morgan fingerprint density at radius 2 is 2.13 bits per heavy atom. The van der Waals surface area contributed by atoms with Crippen LogP contribution in [-0.2, 0) is 7.05 Å². The van der Waals surface area contributed by atoms with Crippen LogP contribution < -0.4 is 4.74 Å². The Labute approximate surface area is 135 Å². The van der Waals surface area contributed by atoms with Crippen molar-refractivity contribution in [3.8, 4) is 5.88 Å². The van der Waals surface area contributed by atoms with E-state index in [1.807, 2.05) is 25.8 Å². The number of hydrogen-bond acceptors (Lipinski definition) is 5. The zero-order valence-corrected chi connectivity index (χ0v) is 13.9. The number of hydrogen-bond donors (Lipinski definition) is 0. The molecule has 0 aromatic carbocycles. The van der Waals surface area contributed by atoms with Gasteiger partial charge in [-0.1, -0.05) is 0 Å². The fraction of sp³-hybridized carbons (Fsp3) is 0.500. The molecule has 0 radical (unpaired) electrons. The van der Waals surface area contributed by atoms with Gasteiger partial charge in [0, 0.05) is 19.8 Å². The summed E-state index contributed by atoms with van der Waals surface area (Å²) in [5, 5.41) is 4.44. The second kappa shape index (κ2) is 5.98. The third kappa shape index (κ3) is 2.56. The molecule has 0 unspecified atom stereocenters. The molecule has 1 atom stereocenters. The van der Waals surface area contributed by atoms with Crippen molar-refractivity contribution in [2.24, 2.45) is 7.05 Å². The van der Waals surface area contributed by atoms with Gasteiger partial charge in [-0.25, -0.2) is 14.6 Å². The molecular formula is C16H21N5O2. The Kier molecular flexibility index (Phi) is 4.02. The van der Waals surface area contributed by atoms with Gasteiger partial charge in [0.2, 0.25) is 5.88 Å². The predicted octanol–water partition coefficient (Wildman–Crippen LogP) is 1.81. The van der Waals surface area contributed by atoms with Gasteiger partial charge in [0.15, 0.2) is 0 Å². The second-order valence-corrected chi connectivity index (χ2v) is 5.81. The van der Waals surface area contributed by atoms with Gasteiger partial charge in [-0.3, -0.25) is 4.79 Å². The van der Waals surface area contributed by atoms with Crippen molar-refractivity contribution in [2.75, 3.05) is 13.7 Å². The summed E-state index contributed by atoms with van der Waals surface area (Å²) < 4.78 is 7.23. The zero-order valence-electron chi connectivity index (χ0n) is 13.9. The predicted molar refractivity (Wildman–Crippen MR) is 84.3 cm³/mol. The molecule has 0 aliphatic carbocycles. The van der Waals surface area contributed by atoms with Gasteiger partial charge in [-0.15, -0.1) is 0 Å². The van der Waals surface area contributed by atoms with Gasteiger partial charge in [0.25, 0.3) is 5.91 Å². The summed E-state index contributed by atoms with van der Waals surface area (Å²) in [7, 11) is 3.49.